The quantitative estimate of drug-likeness (QED) is 0.374. The normalized spacial score (nSPS) is 10.2. The van der Waals surface area contributed by atoms with Crippen LogP contribution in [0.15, 0.2) is 60.7 Å². The Morgan fingerprint density at radius 2 is 1.31 bits per heavy atom. The summed E-state index contributed by atoms with van der Waals surface area (Å²) in [4.78, 5) is 24.9. The van der Waals surface area contributed by atoms with Gasteiger partial charge in [-0.05, 0) is 55.5 Å². The number of benzene rings is 3. The van der Waals surface area contributed by atoms with Gasteiger partial charge in [0.2, 0.25) is 11.7 Å². The molecule has 9 nitrogen and oxygen atoms in total. The van der Waals surface area contributed by atoms with E-state index >= 15 is 0 Å². The number of hydrogen-bond donors (Lipinski definition) is 3. The van der Waals surface area contributed by atoms with Crippen molar-refractivity contribution in [3.8, 4) is 23.0 Å². The fraction of sp³-hybridized carbons (Fsp3) is 0.231. The van der Waals surface area contributed by atoms with Gasteiger partial charge < -0.3 is 34.9 Å². The summed E-state index contributed by atoms with van der Waals surface area (Å²) in [7, 11) is 4.57. The number of methoxy groups -OCH3 is 3. The van der Waals surface area contributed by atoms with Crippen LogP contribution in [0.1, 0.15) is 17.3 Å². The van der Waals surface area contributed by atoms with E-state index in [1.165, 1.54) is 21.3 Å². The molecule has 0 spiro atoms. The van der Waals surface area contributed by atoms with Crippen LogP contribution in [0.2, 0.25) is 0 Å². The fourth-order valence-corrected chi connectivity index (χ4v) is 3.28. The average Bonchev–Trinajstić information content (AvgIpc) is 2.88. The summed E-state index contributed by atoms with van der Waals surface area (Å²) in [5.74, 6) is 1.66. The van der Waals surface area contributed by atoms with E-state index in [1.807, 2.05) is 6.92 Å². The lowest BCUT2D eigenvalue weighted by Crippen LogP contribution is -2.22. The molecule has 35 heavy (non-hydrogen) atoms. The van der Waals surface area contributed by atoms with Gasteiger partial charge in [0.25, 0.3) is 5.91 Å². The largest absolute Gasteiger partial charge is 0.494 e. The summed E-state index contributed by atoms with van der Waals surface area (Å²) in [6, 6.07) is 17.2. The van der Waals surface area contributed by atoms with Crippen molar-refractivity contribution < 1.29 is 28.5 Å². The Morgan fingerprint density at radius 1 is 0.743 bits per heavy atom. The van der Waals surface area contributed by atoms with E-state index in [0.717, 1.165) is 5.75 Å². The third-order valence-corrected chi connectivity index (χ3v) is 4.97. The molecule has 0 radical (unpaired) electrons. The molecule has 0 bridgehead atoms. The van der Waals surface area contributed by atoms with Crippen LogP contribution in [0, 0.1) is 0 Å². The molecular weight excluding hydrogens is 450 g/mol. The molecule has 0 saturated carbocycles. The lowest BCUT2D eigenvalue weighted by atomic mass is 10.2. The van der Waals surface area contributed by atoms with Gasteiger partial charge in [0.15, 0.2) is 11.5 Å². The molecule has 0 atom stereocenters. The van der Waals surface area contributed by atoms with Crippen molar-refractivity contribution in [1.29, 1.82) is 0 Å². The van der Waals surface area contributed by atoms with E-state index in [9.17, 15) is 9.59 Å². The first-order chi connectivity index (χ1) is 17.0. The van der Waals surface area contributed by atoms with Crippen molar-refractivity contribution in [1.82, 2.24) is 0 Å². The van der Waals surface area contributed by atoms with Crippen LogP contribution in [0.4, 0.5) is 17.1 Å². The molecule has 0 heterocycles. The first-order valence-electron chi connectivity index (χ1n) is 10.9. The molecule has 0 fully saturated rings. The van der Waals surface area contributed by atoms with Crippen molar-refractivity contribution >= 4 is 28.9 Å². The van der Waals surface area contributed by atoms with E-state index in [-0.39, 0.29) is 18.4 Å². The van der Waals surface area contributed by atoms with Crippen LogP contribution in [-0.4, -0.2) is 46.3 Å². The highest BCUT2D eigenvalue weighted by Crippen LogP contribution is 2.39. The number of carbonyl (C=O) groups excluding carboxylic acids is 2. The Bertz CT molecular complexity index is 1120. The van der Waals surface area contributed by atoms with Crippen molar-refractivity contribution in [2.24, 2.45) is 0 Å². The van der Waals surface area contributed by atoms with Crippen molar-refractivity contribution in [2.45, 2.75) is 6.92 Å². The number of rotatable bonds is 11. The highest BCUT2D eigenvalue weighted by molar-refractivity contribution is 6.04. The summed E-state index contributed by atoms with van der Waals surface area (Å²) >= 11 is 0. The van der Waals surface area contributed by atoms with Gasteiger partial charge in [0, 0.05) is 34.8 Å². The van der Waals surface area contributed by atoms with Gasteiger partial charge in [-0.15, -0.1) is 0 Å². The second kappa shape index (κ2) is 12.2. The molecule has 3 aromatic rings. The van der Waals surface area contributed by atoms with Crippen LogP contribution in [0.5, 0.6) is 23.0 Å². The van der Waals surface area contributed by atoms with E-state index in [2.05, 4.69) is 16.0 Å². The molecule has 0 aliphatic heterocycles. The third kappa shape index (κ3) is 6.80. The summed E-state index contributed by atoms with van der Waals surface area (Å²) in [6.07, 6.45) is 0. The Balaban J connectivity index is 1.54. The van der Waals surface area contributed by atoms with E-state index in [4.69, 9.17) is 18.9 Å². The zero-order valence-corrected chi connectivity index (χ0v) is 20.1. The average molecular weight is 480 g/mol. The SMILES string of the molecule is CCOc1ccc(NC(=O)c2ccc(NC(=O)CNc3cc(OC)c(OC)c(OC)c3)cc2)cc1. The number of anilines is 3. The summed E-state index contributed by atoms with van der Waals surface area (Å²) < 4.78 is 21.3. The topological polar surface area (TPSA) is 107 Å². The van der Waals surface area contributed by atoms with Crippen LogP contribution in [-0.2, 0) is 4.79 Å². The Kier molecular flexibility index (Phi) is 8.77. The molecule has 0 unspecified atom stereocenters. The van der Waals surface area contributed by atoms with Crippen LogP contribution >= 0.6 is 0 Å². The molecule has 9 heteroatoms. The standard InChI is InChI=1S/C26H29N3O6/c1-5-35-21-12-10-19(11-13-21)29-26(31)17-6-8-18(9-7-17)28-24(30)16-27-20-14-22(32-2)25(34-4)23(15-20)33-3/h6-15,27H,5,16H2,1-4H3,(H,28,30)(H,29,31). The van der Waals surface area contributed by atoms with Gasteiger partial charge in [-0.3, -0.25) is 9.59 Å². The van der Waals surface area contributed by atoms with Gasteiger partial charge in [-0.1, -0.05) is 0 Å². The van der Waals surface area contributed by atoms with Crippen molar-refractivity contribution in [3.05, 3.63) is 66.2 Å². The number of amides is 2. The predicted octanol–water partition coefficient (Wildman–Crippen LogP) is 4.41. The van der Waals surface area contributed by atoms with Gasteiger partial charge in [0.1, 0.15) is 5.75 Å². The Hall–Kier alpha value is -4.40. The first kappa shape index (κ1) is 25.2. The smallest absolute Gasteiger partial charge is 0.255 e. The minimum Gasteiger partial charge on any atom is -0.494 e. The van der Waals surface area contributed by atoms with Crippen molar-refractivity contribution in [2.75, 3.05) is 50.4 Å². The van der Waals surface area contributed by atoms with E-state index < -0.39 is 0 Å². The number of ether oxygens (including phenoxy) is 4. The molecule has 3 rings (SSSR count). The zero-order valence-electron chi connectivity index (χ0n) is 20.1. The molecule has 2 amide bonds. The lowest BCUT2D eigenvalue weighted by molar-refractivity contribution is -0.114. The van der Waals surface area contributed by atoms with Gasteiger partial charge in [-0.2, -0.15) is 0 Å². The maximum Gasteiger partial charge on any atom is 0.255 e. The highest BCUT2D eigenvalue weighted by Gasteiger charge is 2.14. The monoisotopic (exact) mass is 479 g/mol. The Labute approximate surface area is 204 Å². The summed E-state index contributed by atoms with van der Waals surface area (Å²) in [6.45, 7) is 2.50. The molecule has 3 N–H and O–H groups in total. The van der Waals surface area contributed by atoms with Crippen molar-refractivity contribution in [3.63, 3.8) is 0 Å². The number of carbonyl (C=O) groups is 2. The minimum atomic E-state index is -0.259. The summed E-state index contributed by atoms with van der Waals surface area (Å²) in [5, 5.41) is 8.66. The van der Waals surface area contributed by atoms with E-state index in [0.29, 0.717) is 46.5 Å². The molecule has 184 valence electrons. The lowest BCUT2D eigenvalue weighted by Gasteiger charge is -2.15. The van der Waals surface area contributed by atoms with Crippen LogP contribution in [0.25, 0.3) is 0 Å². The highest BCUT2D eigenvalue weighted by atomic mass is 16.5. The van der Waals surface area contributed by atoms with Gasteiger partial charge in [0.05, 0.1) is 34.5 Å². The van der Waals surface area contributed by atoms with Gasteiger partial charge in [-0.25, -0.2) is 0 Å². The van der Waals surface area contributed by atoms with Gasteiger partial charge >= 0.3 is 0 Å². The molecule has 0 saturated heterocycles. The molecule has 0 aliphatic carbocycles. The van der Waals surface area contributed by atoms with Crippen LogP contribution < -0.4 is 34.9 Å². The second-order valence-electron chi connectivity index (χ2n) is 7.30. The minimum absolute atomic E-state index is 0.0125. The maximum atomic E-state index is 12.5. The number of nitrogens with one attached hydrogen (secondary N) is 3. The summed E-state index contributed by atoms with van der Waals surface area (Å²) in [5.41, 5.74) is 2.33. The third-order valence-electron chi connectivity index (χ3n) is 4.97. The molecular formula is C26H29N3O6. The molecule has 0 aromatic heterocycles. The van der Waals surface area contributed by atoms with E-state index in [1.54, 1.807) is 60.7 Å². The predicted molar refractivity (Wildman–Crippen MR) is 135 cm³/mol. The Morgan fingerprint density at radius 3 is 1.86 bits per heavy atom. The molecule has 0 aliphatic rings. The molecule has 3 aromatic carbocycles. The number of hydrogen-bond acceptors (Lipinski definition) is 7. The zero-order chi connectivity index (χ0) is 25.2. The first-order valence-corrected chi connectivity index (χ1v) is 10.9. The fourth-order valence-electron chi connectivity index (χ4n) is 3.28. The maximum absolute atomic E-state index is 12.5. The van der Waals surface area contributed by atoms with Crippen LogP contribution in [0.3, 0.4) is 0 Å². The second-order valence-corrected chi connectivity index (χ2v) is 7.30.